The standard InChI is InChI=1S/C28H26F2N2O5/c1-27(2,3)36-25(34)31-20-9-7-14(29)11-16(20)18-13-19-17-12-15(30)8-10-21(17)32(23(19)24(33)22(18)31)26(35)37-28(4,5)6/h7-13,33H,1-6H3. The smallest absolute Gasteiger partial charge is 0.419 e. The number of aromatic hydroxyl groups is 1. The van der Waals surface area contributed by atoms with Gasteiger partial charge in [0.15, 0.2) is 5.75 Å². The van der Waals surface area contributed by atoms with Crippen LogP contribution in [0.15, 0.2) is 42.5 Å². The van der Waals surface area contributed by atoms with Crippen molar-refractivity contribution in [1.29, 1.82) is 0 Å². The summed E-state index contributed by atoms with van der Waals surface area (Å²) in [7, 11) is 0. The molecule has 3 aromatic carbocycles. The third kappa shape index (κ3) is 4.04. The summed E-state index contributed by atoms with van der Waals surface area (Å²) in [5, 5.41) is 13.0. The number of benzene rings is 3. The first-order chi connectivity index (χ1) is 17.2. The number of carbonyl (C=O) groups is 2. The third-order valence-corrected chi connectivity index (χ3v) is 5.83. The molecule has 0 aliphatic rings. The van der Waals surface area contributed by atoms with Crippen molar-refractivity contribution in [3.63, 3.8) is 0 Å². The molecule has 0 aliphatic heterocycles. The highest BCUT2D eigenvalue weighted by Crippen LogP contribution is 2.44. The van der Waals surface area contributed by atoms with Gasteiger partial charge in [0.1, 0.15) is 33.9 Å². The number of nitrogens with zero attached hydrogens (tertiary/aromatic N) is 2. The second-order valence-corrected chi connectivity index (χ2v) is 11.0. The number of halogens is 2. The second kappa shape index (κ2) is 7.93. The van der Waals surface area contributed by atoms with E-state index in [-0.39, 0.29) is 11.0 Å². The van der Waals surface area contributed by atoms with Crippen molar-refractivity contribution in [2.24, 2.45) is 0 Å². The van der Waals surface area contributed by atoms with Gasteiger partial charge in [-0.3, -0.25) is 0 Å². The summed E-state index contributed by atoms with van der Waals surface area (Å²) in [6, 6.07) is 9.33. The zero-order valence-corrected chi connectivity index (χ0v) is 21.3. The van der Waals surface area contributed by atoms with Crippen molar-refractivity contribution >= 4 is 55.8 Å². The van der Waals surface area contributed by atoms with Gasteiger partial charge in [0.05, 0.1) is 11.0 Å². The summed E-state index contributed by atoms with van der Waals surface area (Å²) in [5.74, 6) is -1.52. The molecule has 0 spiro atoms. The molecule has 0 amide bonds. The number of ether oxygens (including phenoxy) is 2. The Kier molecular flexibility index (Phi) is 5.26. The Balaban J connectivity index is 1.98. The van der Waals surface area contributed by atoms with E-state index in [4.69, 9.17) is 9.47 Å². The van der Waals surface area contributed by atoms with Crippen LogP contribution in [0.25, 0.3) is 43.6 Å². The second-order valence-electron chi connectivity index (χ2n) is 11.0. The molecule has 37 heavy (non-hydrogen) atoms. The first kappa shape index (κ1) is 24.5. The Hall–Kier alpha value is -4.14. The van der Waals surface area contributed by atoms with Crippen LogP contribution in [-0.2, 0) is 9.47 Å². The quantitative estimate of drug-likeness (QED) is 0.235. The van der Waals surface area contributed by atoms with Gasteiger partial charge in [0.2, 0.25) is 0 Å². The van der Waals surface area contributed by atoms with Crippen molar-refractivity contribution < 1.29 is 33.0 Å². The summed E-state index contributed by atoms with van der Waals surface area (Å²) in [4.78, 5) is 26.7. The molecule has 2 heterocycles. The highest BCUT2D eigenvalue weighted by atomic mass is 19.1. The van der Waals surface area contributed by atoms with Crippen LogP contribution in [0.2, 0.25) is 0 Å². The number of phenols is 1. The molecule has 0 aliphatic carbocycles. The fourth-order valence-electron chi connectivity index (χ4n) is 4.58. The van der Waals surface area contributed by atoms with Crippen LogP contribution < -0.4 is 0 Å². The van der Waals surface area contributed by atoms with E-state index in [0.29, 0.717) is 32.6 Å². The largest absolute Gasteiger partial charge is 0.504 e. The predicted molar refractivity (Wildman–Crippen MR) is 137 cm³/mol. The van der Waals surface area contributed by atoms with E-state index >= 15 is 0 Å². The SMILES string of the molecule is CC(C)(C)OC(=O)n1c2ccc(F)cc2c2cc3c4cc(F)ccc4n(C(=O)OC(C)(C)C)c3c(O)c21. The van der Waals surface area contributed by atoms with Gasteiger partial charge < -0.3 is 14.6 Å². The summed E-state index contributed by atoms with van der Waals surface area (Å²) < 4.78 is 42.1. The average Bonchev–Trinajstić information content (AvgIpc) is 3.25. The lowest BCUT2D eigenvalue weighted by molar-refractivity contribution is 0.0541. The van der Waals surface area contributed by atoms with E-state index in [1.807, 2.05) is 0 Å². The molecule has 2 aromatic heterocycles. The van der Waals surface area contributed by atoms with Crippen LogP contribution >= 0.6 is 0 Å². The van der Waals surface area contributed by atoms with Crippen LogP contribution in [-0.4, -0.2) is 37.6 Å². The van der Waals surface area contributed by atoms with Gasteiger partial charge in [0, 0.05) is 21.5 Å². The Morgan fingerprint density at radius 3 is 1.41 bits per heavy atom. The van der Waals surface area contributed by atoms with E-state index < -0.39 is 40.8 Å². The number of aromatic nitrogens is 2. The van der Waals surface area contributed by atoms with Crippen LogP contribution in [0, 0.1) is 11.6 Å². The Labute approximate surface area is 210 Å². The Morgan fingerprint density at radius 2 is 1.05 bits per heavy atom. The van der Waals surface area contributed by atoms with Gasteiger partial charge >= 0.3 is 12.2 Å². The van der Waals surface area contributed by atoms with Crippen molar-refractivity contribution in [1.82, 2.24) is 9.13 Å². The average molecular weight is 509 g/mol. The number of carbonyl (C=O) groups excluding carboxylic acids is 2. The van der Waals surface area contributed by atoms with Crippen LogP contribution in [0.4, 0.5) is 18.4 Å². The molecule has 0 radical (unpaired) electrons. The highest BCUT2D eigenvalue weighted by molar-refractivity contribution is 6.24. The van der Waals surface area contributed by atoms with Gasteiger partial charge in [-0.15, -0.1) is 0 Å². The molecule has 0 fully saturated rings. The monoisotopic (exact) mass is 508 g/mol. The van der Waals surface area contributed by atoms with E-state index in [0.717, 1.165) is 9.13 Å². The van der Waals surface area contributed by atoms with E-state index in [9.17, 15) is 23.5 Å². The molecular weight excluding hydrogens is 482 g/mol. The Bertz CT molecular complexity index is 1640. The summed E-state index contributed by atoms with van der Waals surface area (Å²) in [5.41, 5.74) is -1.07. The van der Waals surface area contributed by atoms with Gasteiger partial charge in [0.25, 0.3) is 0 Å². The van der Waals surface area contributed by atoms with Crippen molar-refractivity contribution in [3.8, 4) is 5.75 Å². The minimum atomic E-state index is -0.858. The minimum absolute atomic E-state index is 0.0236. The first-order valence-corrected chi connectivity index (χ1v) is 11.7. The first-order valence-electron chi connectivity index (χ1n) is 11.7. The molecule has 0 saturated carbocycles. The van der Waals surface area contributed by atoms with Crippen molar-refractivity contribution in [3.05, 3.63) is 54.1 Å². The lowest BCUT2D eigenvalue weighted by atomic mass is 10.1. The van der Waals surface area contributed by atoms with Gasteiger partial charge in [-0.25, -0.2) is 27.5 Å². The normalized spacial score (nSPS) is 12.6. The lowest BCUT2D eigenvalue weighted by Crippen LogP contribution is -2.27. The van der Waals surface area contributed by atoms with E-state index in [2.05, 4.69) is 0 Å². The van der Waals surface area contributed by atoms with Crippen molar-refractivity contribution in [2.75, 3.05) is 0 Å². The Morgan fingerprint density at radius 1 is 0.676 bits per heavy atom. The maximum atomic E-state index is 14.3. The minimum Gasteiger partial charge on any atom is -0.504 e. The molecule has 0 unspecified atom stereocenters. The molecule has 1 N–H and O–H groups in total. The number of rotatable bonds is 0. The zero-order chi connectivity index (χ0) is 27.0. The van der Waals surface area contributed by atoms with Crippen LogP contribution in [0.1, 0.15) is 41.5 Å². The molecule has 0 bridgehead atoms. The van der Waals surface area contributed by atoms with E-state index in [1.165, 1.54) is 36.4 Å². The third-order valence-electron chi connectivity index (χ3n) is 5.83. The number of phenolic OH excluding ortho intramolecular Hbond substituents is 1. The van der Waals surface area contributed by atoms with Crippen LogP contribution in [0.5, 0.6) is 5.75 Å². The van der Waals surface area contributed by atoms with Crippen LogP contribution in [0.3, 0.4) is 0 Å². The number of fused-ring (bicyclic) bond motifs is 6. The summed E-state index contributed by atoms with van der Waals surface area (Å²) in [6.07, 6.45) is -1.58. The number of hydrogen-bond acceptors (Lipinski definition) is 5. The maximum Gasteiger partial charge on any atom is 0.419 e. The zero-order valence-electron chi connectivity index (χ0n) is 21.3. The van der Waals surface area contributed by atoms with Gasteiger partial charge in [-0.05, 0) is 84.0 Å². The van der Waals surface area contributed by atoms with E-state index in [1.54, 1.807) is 47.6 Å². The fourth-order valence-corrected chi connectivity index (χ4v) is 4.58. The summed E-state index contributed by atoms with van der Waals surface area (Å²) >= 11 is 0. The molecule has 5 aromatic rings. The lowest BCUT2D eigenvalue weighted by Gasteiger charge is -2.21. The molecule has 192 valence electrons. The van der Waals surface area contributed by atoms with Gasteiger partial charge in [-0.2, -0.15) is 0 Å². The molecule has 7 nitrogen and oxygen atoms in total. The highest BCUT2D eigenvalue weighted by Gasteiger charge is 2.30. The molecule has 9 heteroatoms. The van der Waals surface area contributed by atoms with Crippen molar-refractivity contribution in [2.45, 2.75) is 52.7 Å². The molecule has 5 rings (SSSR count). The molecule has 0 saturated heterocycles. The molecular formula is C28H26F2N2O5. The predicted octanol–water partition coefficient (Wildman–Crippen LogP) is 7.45. The fraction of sp³-hybridized carbons (Fsp3) is 0.286. The topological polar surface area (TPSA) is 82.7 Å². The number of hydrogen-bond donors (Lipinski definition) is 1. The summed E-state index contributed by atoms with van der Waals surface area (Å²) in [6.45, 7) is 10.2. The maximum absolute atomic E-state index is 14.3. The van der Waals surface area contributed by atoms with Gasteiger partial charge in [-0.1, -0.05) is 0 Å². The molecule has 0 atom stereocenters.